The van der Waals surface area contributed by atoms with Gasteiger partial charge in [0.1, 0.15) is 5.75 Å². The van der Waals surface area contributed by atoms with Gasteiger partial charge >= 0.3 is 0 Å². The topological polar surface area (TPSA) is 29.5 Å². The van der Waals surface area contributed by atoms with Gasteiger partial charge in [-0.15, -0.1) is 0 Å². The Kier molecular flexibility index (Phi) is 3.45. The zero-order valence-corrected chi connectivity index (χ0v) is 11.2. The molecule has 1 saturated carbocycles. The SMILES string of the molecule is OCc1ccccc1-c1ccc(OC2CC2)c(Cl)c1. The number of benzene rings is 2. The molecule has 2 aromatic rings. The van der Waals surface area contributed by atoms with Gasteiger partial charge in [0.2, 0.25) is 0 Å². The van der Waals surface area contributed by atoms with Crippen molar-refractivity contribution < 1.29 is 9.84 Å². The normalized spacial score (nSPS) is 14.4. The third-order valence-electron chi connectivity index (χ3n) is 3.25. The molecule has 0 aliphatic heterocycles. The standard InChI is InChI=1S/C16H15ClO2/c17-15-9-11(5-8-16(15)19-13-6-7-13)14-4-2-1-3-12(14)10-18/h1-5,8-9,13,18H,6-7,10H2. The van der Waals surface area contributed by atoms with Crippen molar-refractivity contribution in [1.29, 1.82) is 0 Å². The largest absolute Gasteiger partial charge is 0.489 e. The van der Waals surface area contributed by atoms with Gasteiger partial charge < -0.3 is 9.84 Å². The molecule has 1 aliphatic rings. The number of halogens is 1. The predicted molar refractivity (Wildman–Crippen MR) is 76.5 cm³/mol. The van der Waals surface area contributed by atoms with Gasteiger partial charge in [-0.25, -0.2) is 0 Å². The lowest BCUT2D eigenvalue weighted by atomic mass is 10.00. The molecule has 2 aromatic carbocycles. The maximum absolute atomic E-state index is 9.37. The van der Waals surface area contributed by atoms with E-state index in [1.807, 2.05) is 42.5 Å². The van der Waals surface area contributed by atoms with Gasteiger partial charge in [-0.3, -0.25) is 0 Å². The van der Waals surface area contributed by atoms with Gasteiger partial charge in [-0.05, 0) is 41.7 Å². The number of hydrogen-bond donors (Lipinski definition) is 1. The number of rotatable bonds is 4. The van der Waals surface area contributed by atoms with Crippen LogP contribution in [0.3, 0.4) is 0 Å². The van der Waals surface area contributed by atoms with Crippen LogP contribution in [-0.4, -0.2) is 11.2 Å². The summed E-state index contributed by atoms with van der Waals surface area (Å²) in [5.41, 5.74) is 2.90. The minimum absolute atomic E-state index is 0.0219. The van der Waals surface area contributed by atoms with Crippen molar-refractivity contribution in [3.05, 3.63) is 53.1 Å². The van der Waals surface area contributed by atoms with Crippen LogP contribution in [0.2, 0.25) is 5.02 Å². The maximum atomic E-state index is 9.37. The van der Waals surface area contributed by atoms with Crippen LogP contribution in [0.5, 0.6) is 5.75 Å². The van der Waals surface area contributed by atoms with Crippen LogP contribution in [-0.2, 0) is 6.61 Å². The summed E-state index contributed by atoms with van der Waals surface area (Å²) in [4.78, 5) is 0. The highest BCUT2D eigenvalue weighted by Crippen LogP contribution is 2.35. The Balaban J connectivity index is 1.94. The molecule has 0 amide bonds. The van der Waals surface area contributed by atoms with Crippen molar-refractivity contribution in [2.45, 2.75) is 25.6 Å². The molecule has 0 bridgehead atoms. The molecule has 0 unspecified atom stereocenters. The first-order valence-corrected chi connectivity index (χ1v) is 6.81. The fourth-order valence-corrected chi connectivity index (χ4v) is 2.29. The van der Waals surface area contributed by atoms with Crippen LogP contribution in [0.15, 0.2) is 42.5 Å². The third kappa shape index (κ3) is 2.75. The second-order valence-electron chi connectivity index (χ2n) is 4.78. The number of aliphatic hydroxyl groups excluding tert-OH is 1. The molecule has 0 atom stereocenters. The van der Waals surface area contributed by atoms with Gasteiger partial charge in [0.15, 0.2) is 0 Å². The van der Waals surface area contributed by atoms with E-state index in [0.717, 1.165) is 35.3 Å². The lowest BCUT2D eigenvalue weighted by Crippen LogP contribution is -1.96. The number of hydrogen-bond acceptors (Lipinski definition) is 2. The summed E-state index contributed by atoms with van der Waals surface area (Å²) in [6.07, 6.45) is 2.57. The summed E-state index contributed by atoms with van der Waals surface area (Å²) in [5, 5.41) is 10.00. The molecule has 3 heteroatoms. The van der Waals surface area contributed by atoms with Crippen LogP contribution < -0.4 is 4.74 Å². The van der Waals surface area contributed by atoms with Crippen molar-refractivity contribution in [2.75, 3.05) is 0 Å². The highest BCUT2D eigenvalue weighted by atomic mass is 35.5. The van der Waals surface area contributed by atoms with Crippen LogP contribution >= 0.6 is 11.6 Å². The molecule has 0 saturated heterocycles. The first-order valence-electron chi connectivity index (χ1n) is 6.43. The summed E-state index contributed by atoms with van der Waals surface area (Å²) in [7, 11) is 0. The summed E-state index contributed by atoms with van der Waals surface area (Å²) < 4.78 is 5.72. The Morgan fingerprint density at radius 2 is 1.95 bits per heavy atom. The Labute approximate surface area is 117 Å². The summed E-state index contributed by atoms with van der Waals surface area (Å²) in [6.45, 7) is 0.0219. The Morgan fingerprint density at radius 3 is 2.63 bits per heavy atom. The van der Waals surface area contributed by atoms with E-state index in [9.17, 15) is 5.11 Å². The predicted octanol–water partition coefficient (Wildman–Crippen LogP) is 4.04. The van der Waals surface area contributed by atoms with E-state index in [1.165, 1.54) is 0 Å². The first-order chi connectivity index (χ1) is 9.28. The number of ether oxygens (including phenoxy) is 1. The fraction of sp³-hybridized carbons (Fsp3) is 0.250. The average Bonchev–Trinajstić information content (AvgIpc) is 3.25. The van der Waals surface area contributed by atoms with Gasteiger partial charge in [0.25, 0.3) is 0 Å². The minimum Gasteiger partial charge on any atom is -0.489 e. The van der Waals surface area contributed by atoms with E-state index in [2.05, 4.69) is 0 Å². The second-order valence-corrected chi connectivity index (χ2v) is 5.18. The fourth-order valence-electron chi connectivity index (χ4n) is 2.07. The van der Waals surface area contributed by atoms with Crippen molar-refractivity contribution >= 4 is 11.6 Å². The Bertz CT molecular complexity index is 591. The zero-order chi connectivity index (χ0) is 13.2. The maximum Gasteiger partial charge on any atom is 0.138 e. The van der Waals surface area contributed by atoms with Crippen molar-refractivity contribution in [3.8, 4) is 16.9 Å². The summed E-state index contributed by atoms with van der Waals surface area (Å²) >= 11 is 6.26. The molecule has 0 spiro atoms. The highest BCUT2D eigenvalue weighted by molar-refractivity contribution is 6.32. The van der Waals surface area contributed by atoms with Crippen LogP contribution in [0.4, 0.5) is 0 Å². The van der Waals surface area contributed by atoms with E-state index in [4.69, 9.17) is 16.3 Å². The molecule has 2 nitrogen and oxygen atoms in total. The monoisotopic (exact) mass is 274 g/mol. The lowest BCUT2D eigenvalue weighted by Gasteiger charge is -2.11. The third-order valence-corrected chi connectivity index (χ3v) is 3.54. The summed E-state index contributed by atoms with van der Waals surface area (Å²) in [6, 6.07) is 13.6. The van der Waals surface area contributed by atoms with Crippen LogP contribution in [0.25, 0.3) is 11.1 Å². The Hall–Kier alpha value is -1.51. The summed E-state index contributed by atoms with van der Waals surface area (Å²) in [5.74, 6) is 0.745. The smallest absolute Gasteiger partial charge is 0.138 e. The molecule has 1 N–H and O–H groups in total. The van der Waals surface area contributed by atoms with Crippen LogP contribution in [0, 0.1) is 0 Å². The molecule has 1 fully saturated rings. The van der Waals surface area contributed by atoms with Crippen molar-refractivity contribution in [3.63, 3.8) is 0 Å². The molecule has 98 valence electrons. The molecule has 1 aliphatic carbocycles. The van der Waals surface area contributed by atoms with E-state index in [0.29, 0.717) is 11.1 Å². The average molecular weight is 275 g/mol. The van der Waals surface area contributed by atoms with Gasteiger partial charge in [-0.2, -0.15) is 0 Å². The van der Waals surface area contributed by atoms with E-state index in [1.54, 1.807) is 0 Å². The van der Waals surface area contributed by atoms with Gasteiger partial charge in [0, 0.05) is 0 Å². The number of aliphatic hydroxyl groups is 1. The molecule has 19 heavy (non-hydrogen) atoms. The van der Waals surface area contributed by atoms with Gasteiger partial charge in [-0.1, -0.05) is 41.9 Å². The first kappa shape index (κ1) is 12.5. The van der Waals surface area contributed by atoms with Gasteiger partial charge in [0.05, 0.1) is 17.7 Å². The molecule has 0 heterocycles. The minimum atomic E-state index is 0.0219. The van der Waals surface area contributed by atoms with E-state index in [-0.39, 0.29) is 6.61 Å². The molecule has 0 aromatic heterocycles. The quantitative estimate of drug-likeness (QED) is 0.912. The Morgan fingerprint density at radius 1 is 1.16 bits per heavy atom. The molecule has 0 radical (unpaired) electrons. The molecular weight excluding hydrogens is 260 g/mol. The molecular formula is C16H15ClO2. The van der Waals surface area contributed by atoms with E-state index >= 15 is 0 Å². The highest BCUT2D eigenvalue weighted by Gasteiger charge is 2.24. The van der Waals surface area contributed by atoms with Crippen LogP contribution in [0.1, 0.15) is 18.4 Å². The van der Waals surface area contributed by atoms with Crippen molar-refractivity contribution in [1.82, 2.24) is 0 Å². The lowest BCUT2D eigenvalue weighted by molar-refractivity contribution is 0.282. The second kappa shape index (κ2) is 5.24. The van der Waals surface area contributed by atoms with Crippen molar-refractivity contribution in [2.24, 2.45) is 0 Å². The zero-order valence-electron chi connectivity index (χ0n) is 10.5. The van der Waals surface area contributed by atoms with E-state index < -0.39 is 0 Å². The molecule has 3 rings (SSSR count).